The summed E-state index contributed by atoms with van der Waals surface area (Å²) in [7, 11) is 0. The second kappa shape index (κ2) is 7.71. The Labute approximate surface area is 187 Å². The Hall–Kier alpha value is -2.16. The molecule has 1 fully saturated rings. The zero-order chi connectivity index (χ0) is 24.2. The molecule has 6 nitrogen and oxygen atoms in total. The fraction of sp³-hybridized carbons (Fsp3) is 0.696. The number of rotatable bonds is 6. The molecule has 32 heavy (non-hydrogen) atoms. The quantitative estimate of drug-likeness (QED) is 0.627. The van der Waals surface area contributed by atoms with Crippen LogP contribution < -0.4 is 5.73 Å². The maximum absolute atomic E-state index is 13.4. The van der Waals surface area contributed by atoms with E-state index in [1.165, 1.54) is 6.20 Å². The molecule has 0 spiro atoms. The number of nitrogens with two attached hydrogens (primary N) is 1. The van der Waals surface area contributed by atoms with Crippen molar-refractivity contribution >= 4 is 11.5 Å². The van der Waals surface area contributed by atoms with Gasteiger partial charge in [0, 0.05) is 5.41 Å². The molecule has 178 valence electrons. The third-order valence-corrected chi connectivity index (χ3v) is 6.39. The smallest absolute Gasteiger partial charge is 0.413 e. The zero-order valence-electron chi connectivity index (χ0n) is 19.6. The number of ether oxygens (including phenoxy) is 1. The largest absolute Gasteiger partial charge is 0.462 e. The number of carbonyl (C=O) groups is 1. The van der Waals surface area contributed by atoms with Crippen molar-refractivity contribution in [3.8, 4) is 0 Å². The van der Waals surface area contributed by atoms with Crippen molar-refractivity contribution in [3.05, 3.63) is 30.1 Å². The van der Waals surface area contributed by atoms with Crippen molar-refractivity contribution < 1.29 is 22.7 Å². The lowest BCUT2D eigenvalue weighted by atomic mass is 9.61. The van der Waals surface area contributed by atoms with Gasteiger partial charge in [0.2, 0.25) is 0 Å². The minimum absolute atomic E-state index is 0.00666. The van der Waals surface area contributed by atoms with Crippen molar-refractivity contribution in [2.45, 2.75) is 90.6 Å². The molecule has 2 unspecified atom stereocenters. The van der Waals surface area contributed by atoms with Gasteiger partial charge in [-0.05, 0) is 50.5 Å². The van der Waals surface area contributed by atoms with Gasteiger partial charge < -0.3 is 10.5 Å². The molecule has 0 amide bonds. The van der Waals surface area contributed by atoms with Crippen LogP contribution in [0.2, 0.25) is 0 Å². The lowest BCUT2D eigenvalue weighted by Gasteiger charge is -2.46. The third-order valence-electron chi connectivity index (χ3n) is 6.39. The number of esters is 1. The van der Waals surface area contributed by atoms with E-state index in [-0.39, 0.29) is 24.4 Å². The predicted octanol–water partition coefficient (Wildman–Crippen LogP) is 4.76. The fourth-order valence-electron chi connectivity index (χ4n) is 4.28. The van der Waals surface area contributed by atoms with Crippen molar-refractivity contribution in [1.29, 1.82) is 0 Å². The van der Waals surface area contributed by atoms with E-state index >= 15 is 0 Å². The van der Waals surface area contributed by atoms with Crippen LogP contribution in [0.15, 0.2) is 24.4 Å². The minimum Gasteiger partial charge on any atom is -0.462 e. The van der Waals surface area contributed by atoms with Gasteiger partial charge in [0.15, 0.2) is 5.54 Å². The molecule has 9 heteroatoms. The number of aromatic nitrogens is 3. The van der Waals surface area contributed by atoms with Crippen molar-refractivity contribution in [2.75, 3.05) is 0 Å². The Bertz CT molecular complexity index is 938. The summed E-state index contributed by atoms with van der Waals surface area (Å²) < 4.78 is 46.6. The van der Waals surface area contributed by atoms with Crippen LogP contribution in [0.3, 0.4) is 0 Å². The highest BCUT2D eigenvalue weighted by molar-refractivity contribution is 5.83. The summed E-state index contributed by atoms with van der Waals surface area (Å²) in [6.45, 7) is 11.5. The molecule has 1 heterocycles. The first kappa shape index (κ1) is 24.5. The van der Waals surface area contributed by atoms with E-state index in [1.807, 2.05) is 39.8 Å². The van der Waals surface area contributed by atoms with E-state index in [9.17, 15) is 18.0 Å². The van der Waals surface area contributed by atoms with E-state index in [1.54, 1.807) is 19.9 Å². The highest BCUT2D eigenvalue weighted by atomic mass is 19.4. The summed E-state index contributed by atoms with van der Waals surface area (Å²) in [6, 6.07) is 0. The number of halogens is 3. The van der Waals surface area contributed by atoms with Crippen LogP contribution >= 0.6 is 0 Å². The molecule has 0 aromatic carbocycles. The van der Waals surface area contributed by atoms with Crippen LogP contribution in [0, 0.1) is 10.8 Å². The number of allylic oxidation sites excluding steroid dienone is 3. The summed E-state index contributed by atoms with van der Waals surface area (Å²) in [4.78, 5) is 13.1. The molecule has 1 saturated carbocycles. The van der Waals surface area contributed by atoms with E-state index in [4.69, 9.17) is 10.5 Å². The summed E-state index contributed by atoms with van der Waals surface area (Å²) >= 11 is 0. The van der Waals surface area contributed by atoms with Gasteiger partial charge >= 0.3 is 12.1 Å². The number of hydrogen-bond donors (Lipinski definition) is 1. The molecule has 1 aromatic heterocycles. The third kappa shape index (κ3) is 4.36. The Kier molecular flexibility index (Phi) is 5.90. The molecule has 2 aliphatic carbocycles. The van der Waals surface area contributed by atoms with Gasteiger partial charge in [-0.3, -0.25) is 4.79 Å². The van der Waals surface area contributed by atoms with Gasteiger partial charge in [0.1, 0.15) is 11.2 Å². The van der Waals surface area contributed by atoms with Crippen molar-refractivity contribution in [2.24, 2.45) is 16.6 Å². The molecule has 0 bridgehead atoms. The fourth-order valence-corrected chi connectivity index (χ4v) is 4.28. The lowest BCUT2D eigenvalue weighted by molar-refractivity contribution is -0.183. The Morgan fingerprint density at radius 1 is 1.28 bits per heavy atom. The van der Waals surface area contributed by atoms with Crippen LogP contribution in [0.1, 0.15) is 72.9 Å². The second-order valence-electron chi connectivity index (χ2n) is 10.9. The molecule has 1 aromatic rings. The summed E-state index contributed by atoms with van der Waals surface area (Å²) in [6.07, 6.45) is 2.98. The zero-order valence-corrected chi connectivity index (χ0v) is 19.6. The van der Waals surface area contributed by atoms with E-state index in [0.29, 0.717) is 24.1 Å². The van der Waals surface area contributed by atoms with Crippen LogP contribution in [0.5, 0.6) is 0 Å². The first-order chi connectivity index (χ1) is 14.5. The van der Waals surface area contributed by atoms with E-state index in [0.717, 1.165) is 4.68 Å². The average molecular weight is 455 g/mol. The van der Waals surface area contributed by atoms with Crippen LogP contribution in [0.4, 0.5) is 13.2 Å². The van der Waals surface area contributed by atoms with E-state index in [2.05, 4.69) is 10.3 Å². The number of carbonyl (C=O) groups excluding carboxylic acids is 1. The van der Waals surface area contributed by atoms with Gasteiger partial charge in [-0.2, -0.15) is 13.2 Å². The monoisotopic (exact) mass is 454 g/mol. The second-order valence-corrected chi connectivity index (χ2v) is 10.9. The Morgan fingerprint density at radius 3 is 2.34 bits per heavy atom. The number of hydrogen-bond acceptors (Lipinski definition) is 5. The van der Waals surface area contributed by atoms with Crippen LogP contribution in [-0.2, 0) is 15.1 Å². The highest BCUT2D eigenvalue weighted by Gasteiger charge is 2.66. The molecule has 0 aliphatic heterocycles. The van der Waals surface area contributed by atoms with Crippen LogP contribution in [0.25, 0.3) is 5.57 Å². The minimum atomic E-state index is -4.36. The van der Waals surface area contributed by atoms with Crippen molar-refractivity contribution in [1.82, 2.24) is 15.0 Å². The molecule has 3 rings (SSSR count). The first-order valence-electron chi connectivity index (χ1n) is 10.9. The van der Waals surface area contributed by atoms with Crippen LogP contribution in [-0.4, -0.2) is 38.8 Å². The van der Waals surface area contributed by atoms with E-state index < -0.39 is 28.6 Å². The number of nitrogens with zero attached hydrogens (tertiary/aromatic N) is 3. The summed E-state index contributed by atoms with van der Waals surface area (Å²) in [5.41, 5.74) is 3.60. The van der Waals surface area contributed by atoms with Gasteiger partial charge in [0.25, 0.3) is 0 Å². The first-order valence-corrected chi connectivity index (χ1v) is 10.9. The highest BCUT2D eigenvalue weighted by Crippen LogP contribution is 2.55. The molecule has 2 aliphatic rings. The van der Waals surface area contributed by atoms with Gasteiger partial charge in [-0.25, -0.2) is 4.68 Å². The molecule has 0 radical (unpaired) electrons. The summed E-state index contributed by atoms with van der Waals surface area (Å²) in [5.74, 6) is -0.460. The van der Waals surface area contributed by atoms with Crippen molar-refractivity contribution in [3.63, 3.8) is 0 Å². The standard InChI is InChI=1S/C23H33F3N4O2/c1-15(2)32-18(31)22(27,14-19(3,4)5)20(6)9-7-16(8-10-20)17-13-30(29-28-17)21(11-12-21)23(24,25)26/h7-9,13,15H,10-12,14,27H2,1-6H3. The SMILES string of the molecule is CC(C)OC(=O)C(N)(CC(C)(C)C)C1(C)C=CC(c2cn(C3(C(F)(F)F)CC3)nn2)=CC1. The Morgan fingerprint density at radius 2 is 1.91 bits per heavy atom. The average Bonchev–Trinajstić information content (AvgIpc) is 3.32. The number of alkyl halides is 3. The van der Waals surface area contributed by atoms with Gasteiger partial charge in [-0.15, -0.1) is 5.10 Å². The Balaban J connectivity index is 1.86. The normalized spacial score (nSPS) is 24.8. The maximum atomic E-state index is 13.4. The molecular formula is C23H33F3N4O2. The molecule has 2 N–H and O–H groups in total. The maximum Gasteiger partial charge on any atom is 0.413 e. The molecular weight excluding hydrogens is 421 g/mol. The van der Waals surface area contributed by atoms with Gasteiger partial charge in [0.05, 0.1) is 12.3 Å². The predicted molar refractivity (Wildman–Crippen MR) is 115 cm³/mol. The summed E-state index contributed by atoms with van der Waals surface area (Å²) in [5, 5.41) is 7.73. The molecule has 2 atom stereocenters. The molecule has 0 saturated heterocycles. The lowest BCUT2D eigenvalue weighted by Crippen LogP contribution is -2.62. The van der Waals surface area contributed by atoms with Gasteiger partial charge in [-0.1, -0.05) is 51.1 Å². The topological polar surface area (TPSA) is 83.0 Å².